The molecule has 0 unspecified atom stereocenters. The number of carbonyl (C=O) groups excluding carboxylic acids is 1. The summed E-state index contributed by atoms with van der Waals surface area (Å²) in [7, 11) is -4.29. The van der Waals surface area contributed by atoms with Gasteiger partial charge in [-0.15, -0.1) is 0 Å². The number of phenols is 1. The van der Waals surface area contributed by atoms with Crippen molar-refractivity contribution in [2.45, 2.75) is 18.8 Å². The second-order valence-corrected chi connectivity index (χ2v) is 7.57. The van der Waals surface area contributed by atoms with Gasteiger partial charge >= 0.3 is 10.2 Å². The Kier molecular flexibility index (Phi) is 3.19. The van der Waals surface area contributed by atoms with Crippen molar-refractivity contribution in [1.29, 1.82) is 0 Å². The molecule has 1 aromatic heterocycles. The van der Waals surface area contributed by atoms with Crippen LogP contribution in [0.15, 0.2) is 23.1 Å². The number of H-pyrrole nitrogens is 1. The largest absolute Gasteiger partial charge is 0.506 e. The minimum absolute atomic E-state index is 0.144. The third kappa shape index (κ3) is 2.47. The quantitative estimate of drug-likeness (QED) is 0.707. The Balaban J connectivity index is 1.85. The zero-order valence-electron chi connectivity index (χ0n) is 12.7. The van der Waals surface area contributed by atoms with E-state index in [4.69, 9.17) is 0 Å². The number of carbonyl (C=O) groups is 1. The van der Waals surface area contributed by atoms with Gasteiger partial charge < -0.3 is 5.11 Å². The van der Waals surface area contributed by atoms with Crippen molar-refractivity contribution >= 4 is 21.8 Å². The van der Waals surface area contributed by atoms with Crippen LogP contribution in [-0.4, -0.2) is 35.8 Å². The van der Waals surface area contributed by atoms with Gasteiger partial charge in [0, 0.05) is 11.8 Å². The van der Waals surface area contributed by atoms with Crippen molar-refractivity contribution < 1.29 is 22.7 Å². The molecule has 4 rings (SSSR count). The van der Waals surface area contributed by atoms with E-state index in [2.05, 4.69) is 5.10 Å². The van der Waals surface area contributed by atoms with Gasteiger partial charge in [0.25, 0.3) is 11.5 Å². The lowest BCUT2D eigenvalue weighted by Crippen LogP contribution is -2.30. The zero-order chi connectivity index (χ0) is 17.9. The minimum atomic E-state index is -4.29. The van der Waals surface area contributed by atoms with E-state index in [9.17, 15) is 27.5 Å². The van der Waals surface area contributed by atoms with Gasteiger partial charge in [0.1, 0.15) is 23.7 Å². The average molecular weight is 368 g/mol. The van der Waals surface area contributed by atoms with E-state index in [1.807, 2.05) is 0 Å². The van der Waals surface area contributed by atoms with E-state index < -0.39 is 39.9 Å². The first-order chi connectivity index (χ1) is 11.8. The molecule has 2 aliphatic rings. The van der Waals surface area contributed by atoms with Gasteiger partial charge in [-0.1, -0.05) is 0 Å². The maximum absolute atomic E-state index is 15.0. The number of amides is 1. The van der Waals surface area contributed by atoms with E-state index in [-0.39, 0.29) is 17.2 Å². The lowest BCUT2D eigenvalue weighted by molar-refractivity contribution is -0.117. The molecule has 0 atom stereocenters. The second kappa shape index (κ2) is 5.09. The molecular weight excluding hydrogens is 355 g/mol. The summed E-state index contributed by atoms with van der Waals surface area (Å²) in [6.45, 7) is -0.647. The summed E-state index contributed by atoms with van der Waals surface area (Å²) in [6, 6.07) is 2.31. The Hall–Kier alpha value is -2.82. The molecule has 1 aliphatic heterocycles. The van der Waals surface area contributed by atoms with Gasteiger partial charge in [-0.25, -0.2) is 13.4 Å². The third-order valence-electron chi connectivity index (χ3n) is 4.17. The number of hydrogen-bond donors (Lipinski definition) is 3. The van der Waals surface area contributed by atoms with Gasteiger partial charge in [0.15, 0.2) is 5.82 Å². The smallest absolute Gasteiger partial charge is 0.326 e. The number of anilines is 1. The summed E-state index contributed by atoms with van der Waals surface area (Å²) >= 11 is 0. The molecule has 0 bridgehead atoms. The normalized spacial score (nSPS) is 19.2. The van der Waals surface area contributed by atoms with Crippen LogP contribution < -0.4 is 14.6 Å². The molecule has 0 radical (unpaired) electrons. The summed E-state index contributed by atoms with van der Waals surface area (Å²) in [5.41, 5.74) is -0.619. The molecule has 25 heavy (non-hydrogen) atoms. The number of rotatable bonds is 3. The number of halogens is 1. The van der Waals surface area contributed by atoms with Gasteiger partial charge in [0.05, 0.1) is 0 Å². The number of aromatic amines is 1. The molecule has 9 nitrogen and oxygen atoms in total. The van der Waals surface area contributed by atoms with Crippen molar-refractivity contribution in [1.82, 2.24) is 14.5 Å². The molecule has 2 fully saturated rings. The Bertz CT molecular complexity index is 1050. The zero-order valence-corrected chi connectivity index (χ0v) is 13.5. The van der Waals surface area contributed by atoms with E-state index in [0.29, 0.717) is 9.87 Å². The Morgan fingerprint density at radius 1 is 1.24 bits per heavy atom. The van der Waals surface area contributed by atoms with Crippen LogP contribution in [0.25, 0.3) is 5.69 Å². The molecule has 1 aromatic carbocycles. The number of aromatic hydroxyl groups is 1. The summed E-state index contributed by atoms with van der Waals surface area (Å²) in [5, 5.41) is 12.4. The average Bonchev–Trinajstić information content (AvgIpc) is 3.22. The summed E-state index contributed by atoms with van der Waals surface area (Å²) < 4.78 is 42.1. The molecule has 0 spiro atoms. The third-order valence-corrected chi connectivity index (χ3v) is 5.55. The Morgan fingerprint density at radius 2 is 1.96 bits per heavy atom. The van der Waals surface area contributed by atoms with Crippen LogP contribution in [0.1, 0.15) is 24.3 Å². The summed E-state index contributed by atoms with van der Waals surface area (Å²) in [4.78, 5) is 23.3. The van der Waals surface area contributed by atoms with Crippen molar-refractivity contribution in [2.75, 3.05) is 10.8 Å². The Labute approximate surface area is 140 Å². The van der Waals surface area contributed by atoms with Crippen LogP contribution in [0.5, 0.6) is 5.75 Å². The first-order valence-electron chi connectivity index (χ1n) is 7.44. The fraction of sp³-hybridized carbons (Fsp3) is 0.286. The first-order valence-corrected chi connectivity index (χ1v) is 8.88. The minimum Gasteiger partial charge on any atom is -0.506 e. The van der Waals surface area contributed by atoms with Crippen LogP contribution in [0.4, 0.5) is 10.1 Å². The molecule has 3 N–H and O–H groups in total. The summed E-state index contributed by atoms with van der Waals surface area (Å²) in [5.74, 6) is -2.41. The van der Waals surface area contributed by atoms with Crippen LogP contribution >= 0.6 is 0 Å². The fourth-order valence-corrected chi connectivity index (χ4v) is 4.00. The predicted octanol–water partition coefficient (Wildman–Crippen LogP) is 0.0687. The highest BCUT2D eigenvalue weighted by atomic mass is 32.2. The van der Waals surface area contributed by atoms with E-state index >= 15 is 0 Å². The number of nitrogens with one attached hydrogen (secondary N) is 2. The molecule has 11 heteroatoms. The van der Waals surface area contributed by atoms with Gasteiger partial charge in [-0.3, -0.25) is 19.4 Å². The SMILES string of the molecule is O=C1CN(c2c(O)ccc(-n3cc(C4CC4)c(=O)[nH]3)c2F)S(=O)(=O)N1. The van der Waals surface area contributed by atoms with E-state index in [1.165, 1.54) is 12.3 Å². The van der Waals surface area contributed by atoms with Crippen molar-refractivity contribution in [2.24, 2.45) is 0 Å². The van der Waals surface area contributed by atoms with Crippen LogP contribution in [0, 0.1) is 5.82 Å². The molecule has 2 aromatic rings. The number of phenolic OH excluding ortho intramolecular Hbond substituents is 1. The highest BCUT2D eigenvalue weighted by molar-refractivity contribution is 7.92. The second-order valence-electron chi connectivity index (χ2n) is 5.97. The van der Waals surface area contributed by atoms with Crippen molar-refractivity contribution in [3.8, 4) is 11.4 Å². The van der Waals surface area contributed by atoms with Crippen molar-refractivity contribution in [3.05, 3.63) is 40.1 Å². The van der Waals surface area contributed by atoms with Gasteiger partial charge in [-0.2, -0.15) is 8.42 Å². The topological polar surface area (TPSA) is 124 Å². The number of hydrogen-bond acceptors (Lipinski definition) is 5. The number of nitrogens with zero attached hydrogens (tertiary/aromatic N) is 2. The van der Waals surface area contributed by atoms with E-state index in [1.54, 1.807) is 4.72 Å². The molecule has 1 aliphatic carbocycles. The number of aromatic nitrogens is 2. The van der Waals surface area contributed by atoms with Gasteiger partial charge in [0.2, 0.25) is 0 Å². The lowest BCUT2D eigenvalue weighted by Gasteiger charge is -2.18. The van der Waals surface area contributed by atoms with Crippen LogP contribution in [0.3, 0.4) is 0 Å². The molecular formula is C14H13FN4O5S. The monoisotopic (exact) mass is 368 g/mol. The van der Waals surface area contributed by atoms with Gasteiger partial charge in [-0.05, 0) is 30.9 Å². The standard InChI is InChI=1S/C14H13FN4O5S/c15-12-9(18-5-8(7-1-2-7)14(22)16-18)3-4-10(20)13(12)19-6-11(21)17-25(19,23)24/h3-5,7,20H,1-2,6H2,(H,16,22)(H,17,21). The maximum atomic E-state index is 15.0. The van der Waals surface area contributed by atoms with Crippen LogP contribution in [0.2, 0.25) is 0 Å². The fourth-order valence-electron chi connectivity index (χ4n) is 2.83. The summed E-state index contributed by atoms with van der Waals surface area (Å²) in [6.07, 6.45) is 3.23. The highest BCUT2D eigenvalue weighted by Crippen LogP contribution is 2.39. The predicted molar refractivity (Wildman–Crippen MR) is 84.4 cm³/mol. The van der Waals surface area contributed by atoms with Crippen molar-refractivity contribution in [3.63, 3.8) is 0 Å². The highest BCUT2D eigenvalue weighted by Gasteiger charge is 2.38. The molecule has 132 valence electrons. The number of benzene rings is 1. The molecule has 1 amide bonds. The first kappa shape index (κ1) is 15.7. The van der Waals surface area contributed by atoms with Crippen LogP contribution in [-0.2, 0) is 15.0 Å². The van der Waals surface area contributed by atoms with E-state index in [0.717, 1.165) is 23.6 Å². The Morgan fingerprint density at radius 3 is 2.56 bits per heavy atom. The maximum Gasteiger partial charge on any atom is 0.326 e. The molecule has 1 saturated heterocycles. The lowest BCUT2D eigenvalue weighted by atomic mass is 10.2. The molecule has 1 saturated carbocycles. The molecule has 2 heterocycles.